The van der Waals surface area contributed by atoms with E-state index in [1.54, 1.807) is 23.2 Å². The zero-order valence-corrected chi connectivity index (χ0v) is 16.6. The maximum absolute atomic E-state index is 12.7. The van der Waals surface area contributed by atoms with Gasteiger partial charge in [0.05, 0.1) is 6.61 Å². The van der Waals surface area contributed by atoms with Crippen LogP contribution in [0.2, 0.25) is 0 Å². The molecule has 2 aliphatic rings. The van der Waals surface area contributed by atoms with Crippen LogP contribution in [0.4, 0.5) is 11.5 Å². The molecule has 1 aliphatic heterocycles. The molecule has 0 unspecified atom stereocenters. The molecule has 1 aromatic carbocycles. The molecule has 2 heterocycles. The fourth-order valence-corrected chi connectivity index (χ4v) is 4.06. The Hall–Kier alpha value is -2.89. The largest absolute Gasteiger partial charge is 0.489 e. The first-order chi connectivity index (χ1) is 14.2. The van der Waals surface area contributed by atoms with Crippen molar-refractivity contribution in [2.45, 2.75) is 44.9 Å². The van der Waals surface area contributed by atoms with E-state index in [4.69, 9.17) is 4.74 Å². The van der Waals surface area contributed by atoms with Gasteiger partial charge in [0.25, 0.3) is 5.91 Å². The number of hydrogen-bond acceptors (Lipinski definition) is 4. The average molecular weight is 393 g/mol. The zero-order chi connectivity index (χ0) is 20.1. The third kappa shape index (κ3) is 4.75. The van der Waals surface area contributed by atoms with Crippen LogP contribution < -0.4 is 15.0 Å². The monoisotopic (exact) mass is 393 g/mol. The molecule has 2 fully saturated rings. The smallest absolute Gasteiger partial charge is 0.256 e. The van der Waals surface area contributed by atoms with Crippen molar-refractivity contribution in [3.8, 4) is 5.75 Å². The fourth-order valence-electron chi connectivity index (χ4n) is 4.06. The Morgan fingerprint density at radius 3 is 2.62 bits per heavy atom. The van der Waals surface area contributed by atoms with Gasteiger partial charge < -0.3 is 15.0 Å². The van der Waals surface area contributed by atoms with E-state index in [-0.39, 0.29) is 11.8 Å². The molecule has 1 saturated carbocycles. The summed E-state index contributed by atoms with van der Waals surface area (Å²) in [4.78, 5) is 30.6. The van der Waals surface area contributed by atoms with Crippen LogP contribution in [-0.2, 0) is 4.79 Å². The molecule has 1 N–H and O–H groups in total. The molecule has 0 radical (unpaired) electrons. The Balaban J connectivity index is 1.39. The molecule has 4 rings (SSSR count). The molecule has 2 amide bonds. The van der Waals surface area contributed by atoms with Gasteiger partial charge in [0.15, 0.2) is 11.6 Å². The van der Waals surface area contributed by atoms with Gasteiger partial charge >= 0.3 is 0 Å². The first-order valence-corrected chi connectivity index (χ1v) is 10.5. The number of amides is 2. The molecule has 2 aromatic rings. The van der Waals surface area contributed by atoms with Gasteiger partial charge in [-0.15, -0.1) is 0 Å². The minimum absolute atomic E-state index is 0.135. The van der Waals surface area contributed by atoms with Crippen LogP contribution >= 0.6 is 0 Å². The summed E-state index contributed by atoms with van der Waals surface area (Å²) < 4.78 is 5.99. The van der Waals surface area contributed by atoms with Crippen molar-refractivity contribution < 1.29 is 14.3 Å². The summed E-state index contributed by atoms with van der Waals surface area (Å²) in [5, 5.41) is 2.86. The predicted octanol–water partition coefficient (Wildman–Crippen LogP) is 4.42. The molecule has 1 saturated heterocycles. The Morgan fingerprint density at radius 1 is 1.10 bits per heavy atom. The van der Waals surface area contributed by atoms with Crippen LogP contribution in [0, 0.1) is 5.92 Å². The summed E-state index contributed by atoms with van der Waals surface area (Å²) in [6.45, 7) is 1.40. The third-order valence-corrected chi connectivity index (χ3v) is 5.72. The topological polar surface area (TPSA) is 71.5 Å². The lowest BCUT2D eigenvalue weighted by molar-refractivity contribution is -0.117. The van der Waals surface area contributed by atoms with Crippen LogP contribution in [-0.4, -0.2) is 29.9 Å². The lowest BCUT2D eigenvalue weighted by Gasteiger charge is -2.22. The maximum Gasteiger partial charge on any atom is 0.256 e. The average Bonchev–Trinajstić information content (AvgIpc) is 3.20. The first-order valence-electron chi connectivity index (χ1n) is 10.5. The number of hydrogen-bond donors (Lipinski definition) is 1. The first kappa shape index (κ1) is 19.4. The Labute approximate surface area is 171 Å². The number of nitrogens with zero attached hydrogens (tertiary/aromatic N) is 2. The van der Waals surface area contributed by atoms with Gasteiger partial charge in [-0.2, -0.15) is 0 Å². The lowest BCUT2D eigenvalue weighted by atomic mass is 9.90. The molecular formula is C23H27N3O3. The number of benzene rings is 1. The van der Waals surface area contributed by atoms with Gasteiger partial charge in [-0.25, -0.2) is 4.98 Å². The number of carbonyl (C=O) groups excluding carboxylic acids is 2. The summed E-state index contributed by atoms with van der Waals surface area (Å²) >= 11 is 0. The second-order valence-electron chi connectivity index (χ2n) is 7.82. The highest BCUT2D eigenvalue weighted by Crippen LogP contribution is 2.27. The van der Waals surface area contributed by atoms with Crippen LogP contribution in [0.1, 0.15) is 55.3 Å². The van der Waals surface area contributed by atoms with Gasteiger partial charge in [-0.05, 0) is 61.6 Å². The van der Waals surface area contributed by atoms with E-state index in [0.29, 0.717) is 36.1 Å². The summed E-state index contributed by atoms with van der Waals surface area (Å²) in [6.07, 6.45) is 9.37. The predicted molar refractivity (Wildman–Crippen MR) is 112 cm³/mol. The SMILES string of the molecule is O=C(Nc1ncccc1OCC1CCCCC1)c1ccc(N2CCCC2=O)cc1. The van der Waals surface area contributed by atoms with E-state index in [1.807, 2.05) is 24.3 Å². The van der Waals surface area contributed by atoms with Gasteiger partial charge in [-0.3, -0.25) is 9.59 Å². The number of rotatable bonds is 6. The van der Waals surface area contributed by atoms with Crippen molar-refractivity contribution in [2.24, 2.45) is 5.92 Å². The number of ether oxygens (including phenoxy) is 1. The number of aromatic nitrogens is 1. The Bertz CT molecular complexity index is 860. The van der Waals surface area contributed by atoms with E-state index < -0.39 is 0 Å². The lowest BCUT2D eigenvalue weighted by Crippen LogP contribution is -2.23. The molecule has 6 heteroatoms. The van der Waals surface area contributed by atoms with Crippen molar-refractivity contribution >= 4 is 23.3 Å². The number of nitrogens with one attached hydrogen (secondary N) is 1. The molecule has 29 heavy (non-hydrogen) atoms. The van der Waals surface area contributed by atoms with E-state index >= 15 is 0 Å². The van der Waals surface area contributed by atoms with E-state index in [1.165, 1.54) is 32.1 Å². The molecule has 1 aliphatic carbocycles. The van der Waals surface area contributed by atoms with Crippen LogP contribution in [0.15, 0.2) is 42.6 Å². The molecule has 0 bridgehead atoms. The van der Waals surface area contributed by atoms with Gasteiger partial charge in [-0.1, -0.05) is 19.3 Å². The standard InChI is InChI=1S/C23H27N3O3/c27-21-9-5-15-26(21)19-12-10-18(11-13-19)23(28)25-22-20(8-4-14-24-22)29-16-17-6-2-1-3-7-17/h4,8,10-14,17H,1-3,5-7,9,15-16H2,(H,24,25,28). The van der Waals surface area contributed by atoms with Crippen molar-refractivity contribution in [1.82, 2.24) is 4.98 Å². The fraction of sp³-hybridized carbons (Fsp3) is 0.435. The molecule has 1 aromatic heterocycles. The number of carbonyl (C=O) groups is 2. The van der Waals surface area contributed by atoms with Crippen molar-refractivity contribution in [3.63, 3.8) is 0 Å². The quantitative estimate of drug-likeness (QED) is 0.789. The minimum atomic E-state index is -0.245. The van der Waals surface area contributed by atoms with Gasteiger partial charge in [0.2, 0.25) is 5.91 Å². The second-order valence-corrected chi connectivity index (χ2v) is 7.82. The highest BCUT2D eigenvalue weighted by atomic mass is 16.5. The zero-order valence-electron chi connectivity index (χ0n) is 16.6. The Morgan fingerprint density at radius 2 is 1.90 bits per heavy atom. The summed E-state index contributed by atoms with van der Waals surface area (Å²) in [6, 6.07) is 10.8. The van der Waals surface area contributed by atoms with Crippen LogP contribution in [0.3, 0.4) is 0 Å². The van der Waals surface area contributed by atoms with Crippen molar-refractivity contribution in [2.75, 3.05) is 23.4 Å². The summed E-state index contributed by atoms with van der Waals surface area (Å²) in [5.41, 5.74) is 1.35. The minimum Gasteiger partial charge on any atom is -0.489 e. The highest BCUT2D eigenvalue weighted by molar-refractivity contribution is 6.05. The second kappa shape index (κ2) is 9.07. The number of pyridine rings is 1. The summed E-state index contributed by atoms with van der Waals surface area (Å²) in [5.74, 6) is 1.51. The molecule has 0 spiro atoms. The molecule has 6 nitrogen and oxygen atoms in total. The molecule has 0 atom stereocenters. The van der Waals surface area contributed by atoms with E-state index in [2.05, 4.69) is 10.3 Å². The van der Waals surface area contributed by atoms with Crippen molar-refractivity contribution in [1.29, 1.82) is 0 Å². The van der Waals surface area contributed by atoms with Crippen LogP contribution in [0.25, 0.3) is 0 Å². The molecule has 152 valence electrons. The normalized spacial score (nSPS) is 17.4. The maximum atomic E-state index is 12.7. The molecular weight excluding hydrogens is 366 g/mol. The third-order valence-electron chi connectivity index (χ3n) is 5.72. The van der Waals surface area contributed by atoms with E-state index in [9.17, 15) is 9.59 Å². The van der Waals surface area contributed by atoms with Crippen LogP contribution in [0.5, 0.6) is 5.75 Å². The number of anilines is 2. The summed E-state index contributed by atoms with van der Waals surface area (Å²) in [7, 11) is 0. The van der Waals surface area contributed by atoms with Gasteiger partial charge in [0, 0.05) is 30.4 Å². The van der Waals surface area contributed by atoms with Gasteiger partial charge in [0.1, 0.15) is 0 Å². The van der Waals surface area contributed by atoms with E-state index in [0.717, 1.165) is 18.7 Å². The van der Waals surface area contributed by atoms with Crippen molar-refractivity contribution in [3.05, 3.63) is 48.2 Å². The highest BCUT2D eigenvalue weighted by Gasteiger charge is 2.22. The Kier molecular flexibility index (Phi) is 6.08.